The van der Waals surface area contributed by atoms with Gasteiger partial charge in [-0.15, -0.1) is 21.5 Å². The molecule has 0 saturated carbocycles. The van der Waals surface area contributed by atoms with Crippen LogP contribution < -0.4 is 15.5 Å². The van der Waals surface area contributed by atoms with E-state index in [9.17, 15) is 14.4 Å². The number of aromatic nitrogens is 3. The van der Waals surface area contributed by atoms with Crippen molar-refractivity contribution in [3.8, 4) is 5.00 Å². The molecule has 0 aliphatic carbocycles. The lowest BCUT2D eigenvalue weighted by atomic mass is 9.99. The Morgan fingerprint density at radius 1 is 1.12 bits per heavy atom. The van der Waals surface area contributed by atoms with Crippen molar-refractivity contribution in [1.82, 2.24) is 25.4 Å². The van der Waals surface area contributed by atoms with Crippen molar-refractivity contribution in [1.29, 1.82) is 0 Å². The van der Waals surface area contributed by atoms with E-state index in [0.717, 1.165) is 38.8 Å². The van der Waals surface area contributed by atoms with Gasteiger partial charge in [-0.3, -0.25) is 29.4 Å². The third-order valence-corrected chi connectivity index (χ3v) is 8.95. The number of urea groups is 1. The van der Waals surface area contributed by atoms with Gasteiger partial charge in [0.2, 0.25) is 11.8 Å². The van der Waals surface area contributed by atoms with Gasteiger partial charge in [-0.1, -0.05) is 35.9 Å². The minimum atomic E-state index is -0.572. The Kier molecular flexibility index (Phi) is 7.38. The molecule has 4 aromatic rings. The van der Waals surface area contributed by atoms with Crippen LogP contribution in [0.5, 0.6) is 0 Å². The number of carbonyl (C=O) groups excluding carboxylic acids is 3. The van der Waals surface area contributed by atoms with Gasteiger partial charge in [0.05, 0.1) is 12.1 Å². The molecule has 12 heteroatoms. The fraction of sp³-hybridized carbons (Fsp3) is 0.267. The number of thiophene rings is 1. The zero-order valence-electron chi connectivity index (χ0n) is 23.3. The molecule has 10 nitrogen and oxygen atoms in total. The minimum absolute atomic E-state index is 0.0680. The molecule has 1 fully saturated rings. The predicted octanol–water partition coefficient (Wildman–Crippen LogP) is 4.95. The molecule has 2 aliphatic rings. The first kappa shape index (κ1) is 27.8. The minimum Gasteiger partial charge on any atom is -0.352 e. The van der Waals surface area contributed by atoms with Crippen LogP contribution in [0.4, 0.5) is 10.5 Å². The van der Waals surface area contributed by atoms with Crippen molar-refractivity contribution in [2.45, 2.75) is 46.2 Å². The van der Waals surface area contributed by atoms with E-state index in [1.807, 2.05) is 54.0 Å². The number of nitrogens with one attached hydrogen (secondary N) is 2. The summed E-state index contributed by atoms with van der Waals surface area (Å²) in [6.45, 7) is 6.65. The molecule has 42 heavy (non-hydrogen) atoms. The van der Waals surface area contributed by atoms with E-state index in [0.29, 0.717) is 23.1 Å². The maximum absolute atomic E-state index is 13.3. The second-order valence-electron chi connectivity index (χ2n) is 10.3. The quantitative estimate of drug-likeness (QED) is 0.324. The molecule has 1 atom stereocenters. The lowest BCUT2D eigenvalue weighted by Crippen LogP contribution is -2.49. The maximum Gasteiger partial charge on any atom is 0.328 e. The van der Waals surface area contributed by atoms with Crippen molar-refractivity contribution in [3.63, 3.8) is 0 Å². The zero-order valence-corrected chi connectivity index (χ0v) is 24.8. The average Bonchev–Trinajstić information content (AvgIpc) is 3.44. The number of hydrogen-bond donors (Lipinski definition) is 2. The summed E-state index contributed by atoms with van der Waals surface area (Å²) < 4.78 is 2.02. The Morgan fingerprint density at radius 3 is 2.67 bits per heavy atom. The van der Waals surface area contributed by atoms with Gasteiger partial charge in [0.15, 0.2) is 5.82 Å². The van der Waals surface area contributed by atoms with Gasteiger partial charge in [0.1, 0.15) is 16.9 Å². The Hall–Kier alpha value is -4.35. The smallest absolute Gasteiger partial charge is 0.328 e. The number of imide groups is 1. The number of aliphatic imine (C=N–C) groups is 1. The molecule has 214 valence electrons. The number of halogens is 1. The highest BCUT2D eigenvalue weighted by Crippen LogP contribution is 2.39. The van der Waals surface area contributed by atoms with E-state index in [-0.39, 0.29) is 31.2 Å². The van der Waals surface area contributed by atoms with Gasteiger partial charge < -0.3 is 5.32 Å². The lowest BCUT2D eigenvalue weighted by Gasteiger charge is -2.26. The molecule has 0 unspecified atom stereocenters. The Balaban J connectivity index is 1.27. The van der Waals surface area contributed by atoms with E-state index >= 15 is 0 Å². The summed E-state index contributed by atoms with van der Waals surface area (Å²) in [6.07, 6.45) is 0.306. The molecule has 0 bridgehead atoms. The molecular weight excluding hydrogens is 574 g/mol. The molecule has 2 N–H and O–H groups in total. The molecular formula is C30H28ClN7O3S. The SMILES string of the molecule is Cc1sc2c(c1C)C(c1ccc(Cl)cc1)=N[C@@H](CC(=O)NCc1cccc(N3CCC(=O)NC3=O)c1)c1nnc(C)n1-2. The molecule has 1 saturated heterocycles. The monoisotopic (exact) mass is 601 g/mol. The maximum atomic E-state index is 13.3. The lowest BCUT2D eigenvalue weighted by molar-refractivity contribution is -0.122. The highest BCUT2D eigenvalue weighted by molar-refractivity contribution is 7.15. The van der Waals surface area contributed by atoms with E-state index < -0.39 is 12.1 Å². The summed E-state index contributed by atoms with van der Waals surface area (Å²) in [4.78, 5) is 45.0. The Bertz CT molecular complexity index is 1760. The summed E-state index contributed by atoms with van der Waals surface area (Å²) in [6, 6.07) is 13.9. The first-order chi connectivity index (χ1) is 20.2. The van der Waals surface area contributed by atoms with Gasteiger partial charge in [-0.2, -0.15) is 0 Å². The fourth-order valence-corrected chi connectivity index (χ4v) is 6.57. The molecule has 2 aromatic heterocycles. The normalized spacial score (nSPS) is 16.3. The zero-order chi connectivity index (χ0) is 29.5. The highest BCUT2D eigenvalue weighted by atomic mass is 35.5. The summed E-state index contributed by atoms with van der Waals surface area (Å²) in [5.41, 5.74) is 5.31. The van der Waals surface area contributed by atoms with Crippen molar-refractivity contribution >= 4 is 52.2 Å². The summed E-state index contributed by atoms with van der Waals surface area (Å²) in [5.74, 6) is 0.857. The van der Waals surface area contributed by atoms with Crippen LogP contribution in [0.1, 0.15) is 57.7 Å². The van der Waals surface area contributed by atoms with E-state index in [2.05, 4.69) is 34.7 Å². The summed E-state index contributed by atoms with van der Waals surface area (Å²) in [7, 11) is 0. The van der Waals surface area contributed by atoms with E-state index in [1.54, 1.807) is 17.4 Å². The van der Waals surface area contributed by atoms with Crippen LogP contribution in [-0.2, 0) is 16.1 Å². The molecule has 2 aliphatic heterocycles. The number of hydrogen-bond acceptors (Lipinski definition) is 7. The van der Waals surface area contributed by atoms with Crippen LogP contribution >= 0.6 is 22.9 Å². The van der Waals surface area contributed by atoms with Crippen molar-refractivity contribution in [2.24, 2.45) is 4.99 Å². The average molecular weight is 602 g/mol. The van der Waals surface area contributed by atoms with Crippen molar-refractivity contribution in [2.75, 3.05) is 11.4 Å². The fourth-order valence-electron chi connectivity index (χ4n) is 5.23. The number of benzene rings is 2. The van der Waals surface area contributed by atoms with Crippen molar-refractivity contribution < 1.29 is 14.4 Å². The number of anilines is 1. The second kappa shape index (κ2) is 11.1. The van der Waals surface area contributed by atoms with E-state index in [1.165, 1.54) is 9.78 Å². The summed E-state index contributed by atoms with van der Waals surface area (Å²) in [5, 5.41) is 15.8. The molecule has 4 amide bonds. The van der Waals surface area contributed by atoms with Gasteiger partial charge in [-0.25, -0.2) is 4.79 Å². The number of aryl methyl sites for hydroxylation is 2. The molecule has 4 heterocycles. The van der Waals surface area contributed by atoms with Gasteiger partial charge in [0, 0.05) is 46.2 Å². The number of fused-ring (bicyclic) bond motifs is 3. The number of carbonyl (C=O) groups is 3. The molecule has 6 rings (SSSR count). The number of amides is 4. The third-order valence-electron chi connectivity index (χ3n) is 7.50. The van der Waals surface area contributed by atoms with Gasteiger partial charge in [0.25, 0.3) is 0 Å². The predicted molar refractivity (Wildman–Crippen MR) is 162 cm³/mol. The summed E-state index contributed by atoms with van der Waals surface area (Å²) >= 11 is 7.85. The van der Waals surface area contributed by atoms with Gasteiger partial charge in [-0.05, 0) is 56.2 Å². The third kappa shape index (κ3) is 5.21. The van der Waals surface area contributed by atoms with Crippen LogP contribution in [-0.4, -0.2) is 44.9 Å². The highest BCUT2D eigenvalue weighted by Gasteiger charge is 2.32. The van der Waals surface area contributed by atoms with Crippen LogP contribution in [0.15, 0.2) is 53.5 Å². The largest absolute Gasteiger partial charge is 0.352 e. The number of rotatable bonds is 6. The number of nitrogens with zero attached hydrogens (tertiary/aromatic N) is 5. The second-order valence-corrected chi connectivity index (χ2v) is 11.9. The molecule has 2 aromatic carbocycles. The molecule has 0 radical (unpaired) electrons. The van der Waals surface area contributed by atoms with Crippen molar-refractivity contribution in [3.05, 3.63) is 92.3 Å². The van der Waals surface area contributed by atoms with Crippen LogP contribution in [0.3, 0.4) is 0 Å². The first-order valence-corrected chi connectivity index (χ1v) is 14.7. The standard InChI is InChI=1S/C30H28ClN7O3S/c1-16-17(2)42-29-26(16)27(20-7-9-21(31)10-8-20)33-23(28-36-35-18(3)38(28)29)14-25(40)32-15-19-5-4-6-22(13-19)37-12-11-24(39)34-30(37)41/h4-10,13,23H,11-12,14-15H2,1-3H3,(H,32,40)(H,34,39,41)/t23-/m0/s1. The van der Waals surface area contributed by atoms with Crippen LogP contribution in [0.25, 0.3) is 5.00 Å². The van der Waals surface area contributed by atoms with Crippen LogP contribution in [0.2, 0.25) is 5.02 Å². The Morgan fingerprint density at radius 2 is 1.90 bits per heavy atom. The van der Waals surface area contributed by atoms with E-state index in [4.69, 9.17) is 16.6 Å². The Labute approximate surface area is 251 Å². The van der Waals surface area contributed by atoms with Crippen LogP contribution in [0, 0.1) is 20.8 Å². The van der Waals surface area contributed by atoms with Gasteiger partial charge >= 0.3 is 6.03 Å². The topological polar surface area (TPSA) is 122 Å². The first-order valence-electron chi connectivity index (χ1n) is 13.5. The molecule has 0 spiro atoms.